The second-order valence-electron chi connectivity index (χ2n) is 3.13. The van der Waals surface area contributed by atoms with E-state index in [4.69, 9.17) is 0 Å². The lowest BCUT2D eigenvalue weighted by Crippen LogP contribution is -2.26. The third-order valence-corrected chi connectivity index (χ3v) is 3.11. The zero-order valence-corrected chi connectivity index (χ0v) is 9.72. The van der Waals surface area contributed by atoms with Crippen molar-refractivity contribution in [1.29, 1.82) is 0 Å². The first-order chi connectivity index (χ1) is 7.55. The number of rotatable bonds is 6. The van der Waals surface area contributed by atoms with Gasteiger partial charge in [0.05, 0.1) is 17.6 Å². The van der Waals surface area contributed by atoms with Gasteiger partial charge in [-0.3, -0.25) is 9.71 Å². The highest BCUT2D eigenvalue weighted by Gasteiger charge is 2.12. The second-order valence-corrected chi connectivity index (χ2v) is 4.97. The largest absolute Gasteiger partial charge is 0.316 e. The summed E-state index contributed by atoms with van der Waals surface area (Å²) in [4.78, 5) is 3.53. The van der Waals surface area contributed by atoms with Crippen LogP contribution < -0.4 is 10.0 Å². The van der Waals surface area contributed by atoms with Crippen LogP contribution in [0.3, 0.4) is 0 Å². The van der Waals surface area contributed by atoms with Gasteiger partial charge in [0, 0.05) is 12.7 Å². The summed E-state index contributed by atoms with van der Waals surface area (Å²) < 4.78 is 38.2. The van der Waals surface area contributed by atoms with E-state index in [9.17, 15) is 12.8 Å². The second kappa shape index (κ2) is 5.76. The van der Waals surface area contributed by atoms with Gasteiger partial charge in [-0.1, -0.05) is 6.92 Å². The normalized spacial score (nSPS) is 11.4. The fourth-order valence-corrected chi connectivity index (χ4v) is 2.08. The van der Waals surface area contributed by atoms with Crippen molar-refractivity contribution < 1.29 is 12.8 Å². The van der Waals surface area contributed by atoms with Crippen molar-refractivity contribution in [3.63, 3.8) is 0 Å². The molecular formula is C9H14FN3O2S. The van der Waals surface area contributed by atoms with Crippen LogP contribution in [0.2, 0.25) is 0 Å². The Morgan fingerprint density at radius 2 is 2.25 bits per heavy atom. The SMILES string of the molecule is CCNCCS(=O)(=O)Nc1ccncc1F. The zero-order valence-electron chi connectivity index (χ0n) is 8.90. The van der Waals surface area contributed by atoms with Crippen LogP contribution in [0.4, 0.5) is 10.1 Å². The number of nitrogens with zero attached hydrogens (tertiary/aromatic N) is 1. The fourth-order valence-electron chi connectivity index (χ4n) is 1.06. The summed E-state index contributed by atoms with van der Waals surface area (Å²) in [5.41, 5.74) is -0.0773. The van der Waals surface area contributed by atoms with E-state index in [0.29, 0.717) is 13.1 Å². The molecule has 0 spiro atoms. The lowest BCUT2D eigenvalue weighted by atomic mass is 10.4. The maximum absolute atomic E-state index is 13.1. The Kier molecular flexibility index (Phi) is 4.63. The van der Waals surface area contributed by atoms with Gasteiger partial charge in [-0.25, -0.2) is 12.8 Å². The first-order valence-electron chi connectivity index (χ1n) is 4.86. The summed E-state index contributed by atoms with van der Waals surface area (Å²) in [6.07, 6.45) is 2.29. The lowest BCUT2D eigenvalue weighted by Gasteiger charge is -2.08. The van der Waals surface area contributed by atoms with Gasteiger partial charge in [0.15, 0.2) is 5.82 Å². The number of pyridine rings is 1. The van der Waals surface area contributed by atoms with Gasteiger partial charge in [0.1, 0.15) is 0 Å². The predicted molar refractivity (Wildman–Crippen MR) is 60.1 cm³/mol. The van der Waals surface area contributed by atoms with E-state index in [-0.39, 0.29) is 11.4 Å². The molecule has 16 heavy (non-hydrogen) atoms. The first kappa shape index (κ1) is 12.9. The molecule has 5 nitrogen and oxygen atoms in total. The molecule has 0 aliphatic heterocycles. The van der Waals surface area contributed by atoms with Crippen molar-refractivity contribution in [3.05, 3.63) is 24.3 Å². The predicted octanol–water partition coefficient (Wildman–Crippen LogP) is 0.572. The minimum atomic E-state index is -3.51. The molecule has 0 radical (unpaired) electrons. The summed E-state index contributed by atoms with van der Waals surface area (Å²) in [5.74, 6) is -0.780. The van der Waals surface area contributed by atoms with Crippen LogP contribution in [-0.4, -0.2) is 32.2 Å². The molecule has 0 aliphatic rings. The Labute approximate surface area is 94.1 Å². The van der Waals surface area contributed by atoms with Crippen molar-refractivity contribution in [3.8, 4) is 0 Å². The molecule has 0 amide bonds. The van der Waals surface area contributed by atoms with Crippen molar-refractivity contribution in [2.45, 2.75) is 6.92 Å². The van der Waals surface area contributed by atoms with Gasteiger partial charge in [-0.05, 0) is 12.6 Å². The Morgan fingerprint density at radius 1 is 1.50 bits per heavy atom. The Hall–Kier alpha value is -1.21. The van der Waals surface area contributed by atoms with Crippen molar-refractivity contribution in [1.82, 2.24) is 10.3 Å². The van der Waals surface area contributed by atoms with Crippen molar-refractivity contribution >= 4 is 15.7 Å². The van der Waals surface area contributed by atoms with E-state index in [1.807, 2.05) is 6.92 Å². The number of hydrogen-bond acceptors (Lipinski definition) is 4. The van der Waals surface area contributed by atoms with Gasteiger partial charge in [-0.15, -0.1) is 0 Å². The third kappa shape index (κ3) is 4.11. The Bertz CT molecular complexity index is 436. The number of nitrogens with one attached hydrogen (secondary N) is 2. The van der Waals surface area contributed by atoms with Gasteiger partial charge in [0.2, 0.25) is 10.0 Å². The smallest absolute Gasteiger partial charge is 0.234 e. The van der Waals surface area contributed by atoms with Gasteiger partial charge in [0.25, 0.3) is 0 Å². The van der Waals surface area contributed by atoms with Crippen LogP contribution in [-0.2, 0) is 10.0 Å². The van der Waals surface area contributed by atoms with Crippen LogP contribution in [0, 0.1) is 5.82 Å². The quantitative estimate of drug-likeness (QED) is 0.721. The maximum Gasteiger partial charge on any atom is 0.234 e. The Balaban J connectivity index is 2.63. The van der Waals surface area contributed by atoms with Gasteiger partial charge < -0.3 is 5.32 Å². The van der Waals surface area contributed by atoms with Crippen molar-refractivity contribution in [2.75, 3.05) is 23.6 Å². The topological polar surface area (TPSA) is 71.1 Å². The van der Waals surface area contributed by atoms with Crippen LogP contribution >= 0.6 is 0 Å². The standard InChI is InChI=1S/C9H14FN3O2S/c1-2-11-5-6-16(14,15)13-9-3-4-12-7-8(9)10/h3-4,7,11H,2,5-6H2,1H3,(H,12,13). The van der Waals surface area contributed by atoms with Gasteiger partial charge in [-0.2, -0.15) is 0 Å². The molecule has 1 heterocycles. The summed E-state index contributed by atoms with van der Waals surface area (Å²) in [6.45, 7) is 2.90. The molecule has 2 N–H and O–H groups in total. The van der Waals surface area contributed by atoms with Crippen LogP contribution in [0.25, 0.3) is 0 Å². The molecule has 1 rings (SSSR count). The van der Waals surface area contributed by atoms with E-state index in [0.717, 1.165) is 6.20 Å². The minimum Gasteiger partial charge on any atom is -0.316 e. The van der Waals surface area contributed by atoms with E-state index in [1.165, 1.54) is 12.3 Å². The minimum absolute atomic E-state index is 0.0773. The van der Waals surface area contributed by atoms with Crippen LogP contribution in [0.5, 0.6) is 0 Å². The molecule has 1 aromatic rings. The number of anilines is 1. The summed E-state index contributed by atoms with van der Waals surface area (Å²) >= 11 is 0. The molecule has 90 valence electrons. The molecule has 0 bridgehead atoms. The molecular weight excluding hydrogens is 233 g/mol. The van der Waals surface area contributed by atoms with E-state index in [1.54, 1.807) is 0 Å². The Morgan fingerprint density at radius 3 is 2.88 bits per heavy atom. The molecule has 0 unspecified atom stereocenters. The molecule has 0 saturated heterocycles. The molecule has 0 saturated carbocycles. The molecule has 1 aromatic heterocycles. The van der Waals surface area contributed by atoms with E-state index < -0.39 is 15.8 Å². The number of halogens is 1. The molecule has 7 heteroatoms. The first-order valence-corrected chi connectivity index (χ1v) is 6.51. The molecule has 0 aromatic carbocycles. The van der Waals surface area contributed by atoms with E-state index in [2.05, 4.69) is 15.0 Å². The summed E-state index contributed by atoms with van der Waals surface area (Å²) in [5, 5.41) is 2.88. The highest BCUT2D eigenvalue weighted by molar-refractivity contribution is 7.92. The van der Waals surface area contributed by atoms with Crippen molar-refractivity contribution in [2.24, 2.45) is 0 Å². The zero-order chi connectivity index (χ0) is 12.0. The molecule has 0 atom stereocenters. The highest BCUT2D eigenvalue weighted by atomic mass is 32.2. The monoisotopic (exact) mass is 247 g/mol. The molecule has 0 fully saturated rings. The summed E-state index contributed by atoms with van der Waals surface area (Å²) in [7, 11) is -3.51. The number of aromatic nitrogens is 1. The fraction of sp³-hybridized carbons (Fsp3) is 0.444. The number of sulfonamides is 1. The third-order valence-electron chi connectivity index (χ3n) is 1.84. The van der Waals surface area contributed by atoms with Crippen LogP contribution in [0.15, 0.2) is 18.5 Å². The summed E-state index contributed by atoms with van der Waals surface area (Å²) in [6, 6.07) is 1.28. The number of hydrogen-bond donors (Lipinski definition) is 2. The average molecular weight is 247 g/mol. The van der Waals surface area contributed by atoms with Crippen LogP contribution in [0.1, 0.15) is 6.92 Å². The van der Waals surface area contributed by atoms with Gasteiger partial charge >= 0.3 is 0 Å². The van der Waals surface area contributed by atoms with E-state index >= 15 is 0 Å². The average Bonchev–Trinajstić information content (AvgIpc) is 2.21. The maximum atomic E-state index is 13.1. The lowest BCUT2D eigenvalue weighted by molar-refractivity contribution is 0.594. The highest BCUT2D eigenvalue weighted by Crippen LogP contribution is 2.12. The molecule has 0 aliphatic carbocycles.